The van der Waals surface area contributed by atoms with Crippen molar-refractivity contribution in [1.29, 1.82) is 0 Å². The van der Waals surface area contributed by atoms with Crippen molar-refractivity contribution in [2.45, 2.75) is 19.4 Å². The lowest BCUT2D eigenvalue weighted by molar-refractivity contribution is -0.384. The summed E-state index contributed by atoms with van der Waals surface area (Å²) in [6.45, 7) is 1.62. The number of hydrogen-bond acceptors (Lipinski definition) is 5. The molecule has 2 aromatic carbocycles. The zero-order chi connectivity index (χ0) is 18.6. The molecule has 1 unspecified atom stereocenters. The van der Waals surface area contributed by atoms with Crippen molar-refractivity contribution in [1.82, 2.24) is 5.32 Å². The van der Waals surface area contributed by atoms with E-state index in [9.17, 15) is 24.1 Å². The number of hydrogen-bond donors (Lipinski definition) is 2. The van der Waals surface area contributed by atoms with Gasteiger partial charge in [-0.1, -0.05) is 0 Å². The number of Topliss-reactive ketones (excluding diaryl/α,β-unsaturated/α-hetero) is 1. The number of non-ortho nitro benzene ring substituents is 1. The molecule has 0 saturated carbocycles. The Morgan fingerprint density at radius 2 is 1.88 bits per heavy atom. The molecular weight excluding hydrogens is 329 g/mol. The van der Waals surface area contributed by atoms with Crippen LogP contribution in [0.4, 0.5) is 15.8 Å². The molecule has 25 heavy (non-hydrogen) atoms. The predicted molar refractivity (Wildman–Crippen MR) is 89.8 cm³/mol. The summed E-state index contributed by atoms with van der Waals surface area (Å²) in [5.74, 6) is -1.32. The van der Waals surface area contributed by atoms with Crippen LogP contribution in [0.1, 0.15) is 34.1 Å². The minimum atomic E-state index is -0.627. The standard InChI is InChI=1S/C17H16FN3O4/c1-10(8-16(22)11-2-4-12(18)5-3-11)20-17(23)14-9-13(21(24)25)6-7-15(14)19/h2-7,9-10H,8,19H2,1H3,(H,20,23). The van der Waals surface area contributed by atoms with Crippen LogP contribution in [0.3, 0.4) is 0 Å². The Hall–Kier alpha value is -3.29. The monoisotopic (exact) mass is 345 g/mol. The van der Waals surface area contributed by atoms with Gasteiger partial charge in [0.1, 0.15) is 5.82 Å². The molecule has 2 aromatic rings. The zero-order valence-corrected chi connectivity index (χ0v) is 13.4. The maximum absolute atomic E-state index is 12.9. The summed E-state index contributed by atoms with van der Waals surface area (Å²) in [5.41, 5.74) is 5.83. The fraction of sp³-hybridized carbons (Fsp3) is 0.176. The van der Waals surface area contributed by atoms with E-state index in [1.54, 1.807) is 6.92 Å². The van der Waals surface area contributed by atoms with Crippen LogP contribution in [0.15, 0.2) is 42.5 Å². The quantitative estimate of drug-likeness (QED) is 0.361. The number of benzene rings is 2. The second-order valence-electron chi connectivity index (χ2n) is 5.54. The van der Waals surface area contributed by atoms with E-state index in [1.807, 2.05) is 0 Å². The van der Waals surface area contributed by atoms with E-state index in [4.69, 9.17) is 5.73 Å². The van der Waals surface area contributed by atoms with Crippen molar-refractivity contribution in [3.8, 4) is 0 Å². The van der Waals surface area contributed by atoms with E-state index in [0.29, 0.717) is 5.56 Å². The van der Waals surface area contributed by atoms with Gasteiger partial charge in [-0.2, -0.15) is 0 Å². The summed E-state index contributed by atoms with van der Waals surface area (Å²) in [5, 5.41) is 13.4. The molecule has 0 spiro atoms. The average molecular weight is 345 g/mol. The SMILES string of the molecule is CC(CC(=O)c1ccc(F)cc1)NC(=O)c1cc([N+](=O)[O-])ccc1N. The lowest BCUT2D eigenvalue weighted by Gasteiger charge is -2.14. The minimum Gasteiger partial charge on any atom is -0.398 e. The van der Waals surface area contributed by atoms with E-state index in [2.05, 4.69) is 5.32 Å². The molecule has 1 amide bonds. The molecule has 0 aliphatic rings. The Morgan fingerprint density at radius 1 is 1.24 bits per heavy atom. The molecule has 0 radical (unpaired) electrons. The molecule has 130 valence electrons. The van der Waals surface area contributed by atoms with Crippen molar-refractivity contribution < 1.29 is 18.9 Å². The van der Waals surface area contributed by atoms with Crippen molar-refractivity contribution >= 4 is 23.1 Å². The topological polar surface area (TPSA) is 115 Å². The van der Waals surface area contributed by atoms with Crippen LogP contribution < -0.4 is 11.1 Å². The van der Waals surface area contributed by atoms with Crippen LogP contribution in [-0.2, 0) is 0 Å². The molecule has 1 atom stereocenters. The zero-order valence-electron chi connectivity index (χ0n) is 13.4. The first-order chi connectivity index (χ1) is 11.8. The van der Waals surface area contributed by atoms with Gasteiger partial charge >= 0.3 is 0 Å². The van der Waals surface area contributed by atoms with Gasteiger partial charge in [-0.3, -0.25) is 19.7 Å². The molecule has 0 aromatic heterocycles. The van der Waals surface area contributed by atoms with Crippen molar-refractivity contribution in [3.05, 3.63) is 69.5 Å². The molecule has 0 aliphatic heterocycles. The van der Waals surface area contributed by atoms with Gasteiger partial charge < -0.3 is 11.1 Å². The fourth-order valence-electron chi connectivity index (χ4n) is 2.24. The summed E-state index contributed by atoms with van der Waals surface area (Å²) < 4.78 is 12.9. The molecule has 2 rings (SSSR count). The Morgan fingerprint density at radius 3 is 2.48 bits per heavy atom. The molecular formula is C17H16FN3O4. The van der Waals surface area contributed by atoms with Crippen LogP contribution in [0, 0.1) is 15.9 Å². The first-order valence-electron chi connectivity index (χ1n) is 7.41. The fourth-order valence-corrected chi connectivity index (χ4v) is 2.24. The van der Waals surface area contributed by atoms with Gasteiger partial charge in [0.05, 0.1) is 10.5 Å². The Bertz CT molecular complexity index is 821. The van der Waals surface area contributed by atoms with Gasteiger partial charge in [0.15, 0.2) is 5.78 Å². The molecule has 0 aliphatic carbocycles. The van der Waals surface area contributed by atoms with E-state index in [1.165, 1.54) is 36.4 Å². The van der Waals surface area contributed by atoms with Gasteiger partial charge in [-0.05, 0) is 37.3 Å². The van der Waals surface area contributed by atoms with E-state index >= 15 is 0 Å². The van der Waals surface area contributed by atoms with E-state index in [0.717, 1.165) is 6.07 Å². The van der Waals surface area contributed by atoms with Crippen molar-refractivity contribution in [3.63, 3.8) is 0 Å². The lowest BCUT2D eigenvalue weighted by atomic mass is 10.0. The Balaban J connectivity index is 2.05. The minimum absolute atomic E-state index is 0.00773. The van der Waals surface area contributed by atoms with Gasteiger partial charge in [-0.25, -0.2) is 4.39 Å². The van der Waals surface area contributed by atoms with E-state index in [-0.39, 0.29) is 29.1 Å². The number of anilines is 1. The highest BCUT2D eigenvalue weighted by Crippen LogP contribution is 2.20. The van der Waals surface area contributed by atoms with Gasteiger partial charge in [0.25, 0.3) is 11.6 Å². The van der Waals surface area contributed by atoms with Crippen LogP contribution in [-0.4, -0.2) is 22.7 Å². The summed E-state index contributed by atoms with van der Waals surface area (Å²) >= 11 is 0. The number of nitrogen functional groups attached to an aromatic ring is 1. The number of ketones is 1. The van der Waals surface area contributed by atoms with Crippen molar-refractivity contribution in [2.75, 3.05) is 5.73 Å². The normalized spacial score (nSPS) is 11.6. The average Bonchev–Trinajstić information content (AvgIpc) is 2.55. The van der Waals surface area contributed by atoms with Crippen molar-refractivity contribution in [2.24, 2.45) is 0 Å². The highest BCUT2D eigenvalue weighted by Gasteiger charge is 2.18. The Kier molecular flexibility index (Phi) is 5.43. The molecule has 0 saturated heterocycles. The maximum atomic E-state index is 12.9. The summed E-state index contributed by atoms with van der Waals surface area (Å²) in [6, 6.07) is 8.12. The molecule has 0 bridgehead atoms. The number of carbonyl (C=O) groups excluding carboxylic acids is 2. The number of amides is 1. The highest BCUT2D eigenvalue weighted by molar-refractivity contribution is 6.01. The number of nitrogens with one attached hydrogen (secondary N) is 1. The molecule has 8 heteroatoms. The largest absolute Gasteiger partial charge is 0.398 e. The number of nitrogens with zero attached hydrogens (tertiary/aromatic N) is 1. The molecule has 3 N–H and O–H groups in total. The third kappa shape index (κ3) is 4.60. The van der Waals surface area contributed by atoms with Gasteiger partial charge in [-0.15, -0.1) is 0 Å². The summed E-state index contributed by atoms with van der Waals surface area (Å²) in [4.78, 5) is 34.5. The van der Waals surface area contributed by atoms with Crippen LogP contribution >= 0.6 is 0 Å². The number of carbonyl (C=O) groups is 2. The number of nitro benzene ring substituents is 1. The first kappa shape index (κ1) is 18.1. The second kappa shape index (κ2) is 7.52. The van der Waals surface area contributed by atoms with Gasteiger partial charge in [0, 0.05) is 35.8 Å². The number of nitro groups is 1. The van der Waals surface area contributed by atoms with Crippen LogP contribution in [0.2, 0.25) is 0 Å². The maximum Gasteiger partial charge on any atom is 0.270 e. The first-order valence-corrected chi connectivity index (χ1v) is 7.41. The molecule has 7 nitrogen and oxygen atoms in total. The third-order valence-corrected chi connectivity index (χ3v) is 3.53. The predicted octanol–water partition coefficient (Wildman–Crippen LogP) is 2.71. The Labute approximate surface area is 142 Å². The van der Waals surface area contributed by atoms with Gasteiger partial charge in [0.2, 0.25) is 0 Å². The third-order valence-electron chi connectivity index (χ3n) is 3.53. The molecule has 0 heterocycles. The number of rotatable bonds is 6. The molecule has 0 fully saturated rings. The summed E-state index contributed by atoms with van der Waals surface area (Å²) in [7, 11) is 0. The number of halogens is 1. The van der Waals surface area contributed by atoms with Crippen LogP contribution in [0.5, 0.6) is 0 Å². The summed E-state index contributed by atoms with van der Waals surface area (Å²) in [6.07, 6.45) is -0.00773. The smallest absolute Gasteiger partial charge is 0.270 e. The highest BCUT2D eigenvalue weighted by atomic mass is 19.1. The second-order valence-corrected chi connectivity index (χ2v) is 5.54. The number of nitrogens with two attached hydrogens (primary N) is 1. The lowest BCUT2D eigenvalue weighted by Crippen LogP contribution is -2.34. The van der Waals surface area contributed by atoms with E-state index < -0.39 is 22.7 Å². The van der Waals surface area contributed by atoms with Crippen LogP contribution in [0.25, 0.3) is 0 Å².